The Morgan fingerprint density at radius 2 is 1.71 bits per heavy atom. The van der Waals surface area contributed by atoms with Crippen LogP contribution in [0.2, 0.25) is 5.02 Å². The number of carbonyl (C=O) groups excluding carboxylic acids is 3. The summed E-state index contributed by atoms with van der Waals surface area (Å²) in [5.74, 6) is -1.67. The maximum Gasteiger partial charge on any atom is 0.238 e. The zero-order chi connectivity index (χ0) is 27.0. The molecule has 3 aromatic carbocycles. The molecule has 1 spiro atoms. The molecule has 38 heavy (non-hydrogen) atoms. The third-order valence-electron chi connectivity index (χ3n) is 8.22. The van der Waals surface area contributed by atoms with Gasteiger partial charge in [0, 0.05) is 22.4 Å². The van der Waals surface area contributed by atoms with Crippen molar-refractivity contribution >= 4 is 46.5 Å². The monoisotopic (exact) mass is 524 g/mol. The summed E-state index contributed by atoms with van der Waals surface area (Å²) in [5, 5.41) is 3.35. The van der Waals surface area contributed by atoms with Gasteiger partial charge in [0.1, 0.15) is 11.5 Å². The fraction of sp³-hybridized carbons (Fsp3) is 0.281. The van der Waals surface area contributed by atoms with E-state index < -0.39 is 28.8 Å². The third-order valence-corrected chi connectivity index (χ3v) is 8.55. The summed E-state index contributed by atoms with van der Waals surface area (Å²) < 4.78 is 0. The van der Waals surface area contributed by atoms with E-state index in [2.05, 4.69) is 11.4 Å². The van der Waals surface area contributed by atoms with E-state index >= 15 is 0 Å². The number of hydrogen-bond acceptors (Lipinski definition) is 4. The van der Waals surface area contributed by atoms with Crippen molar-refractivity contribution in [3.8, 4) is 0 Å². The fourth-order valence-corrected chi connectivity index (χ4v) is 6.80. The number of para-hydroxylation sites is 1. The van der Waals surface area contributed by atoms with Gasteiger partial charge < -0.3 is 10.2 Å². The number of benzene rings is 3. The average molecular weight is 525 g/mol. The van der Waals surface area contributed by atoms with Gasteiger partial charge in [-0.25, -0.2) is 0 Å². The van der Waals surface area contributed by atoms with Crippen LogP contribution in [0.1, 0.15) is 47.8 Å². The van der Waals surface area contributed by atoms with Gasteiger partial charge in [-0.05, 0) is 48.4 Å². The summed E-state index contributed by atoms with van der Waals surface area (Å²) in [7, 11) is 0. The van der Waals surface area contributed by atoms with Gasteiger partial charge in [0.2, 0.25) is 5.91 Å². The highest BCUT2D eigenvalue weighted by atomic mass is 35.5. The van der Waals surface area contributed by atoms with E-state index in [1.807, 2.05) is 81.1 Å². The molecular weight excluding hydrogens is 496 g/mol. The van der Waals surface area contributed by atoms with E-state index in [4.69, 9.17) is 11.6 Å². The van der Waals surface area contributed by atoms with Crippen molar-refractivity contribution in [2.24, 2.45) is 11.3 Å². The van der Waals surface area contributed by atoms with Crippen molar-refractivity contribution in [1.29, 1.82) is 0 Å². The zero-order valence-electron chi connectivity index (χ0n) is 21.8. The van der Waals surface area contributed by atoms with Crippen molar-refractivity contribution in [2.45, 2.75) is 45.2 Å². The molecule has 0 saturated carbocycles. The summed E-state index contributed by atoms with van der Waals surface area (Å²) in [6.07, 6.45) is 4.01. The van der Waals surface area contributed by atoms with Gasteiger partial charge in [0.25, 0.3) is 0 Å². The molecule has 0 radical (unpaired) electrons. The largest absolute Gasteiger partial charge is 0.352 e. The lowest BCUT2D eigenvalue weighted by molar-refractivity contribution is -0.128. The van der Waals surface area contributed by atoms with Crippen molar-refractivity contribution in [1.82, 2.24) is 0 Å². The number of rotatable bonds is 3. The van der Waals surface area contributed by atoms with Crippen LogP contribution in [0.3, 0.4) is 0 Å². The van der Waals surface area contributed by atoms with Crippen molar-refractivity contribution in [2.75, 3.05) is 10.2 Å². The van der Waals surface area contributed by atoms with Crippen LogP contribution in [0.25, 0.3) is 6.08 Å². The minimum atomic E-state index is -1.32. The van der Waals surface area contributed by atoms with Crippen LogP contribution in [0.4, 0.5) is 11.4 Å². The maximum absolute atomic E-state index is 14.7. The lowest BCUT2D eigenvalue weighted by atomic mass is 9.63. The lowest BCUT2D eigenvalue weighted by Gasteiger charge is -2.38. The van der Waals surface area contributed by atoms with E-state index in [1.165, 1.54) is 0 Å². The average Bonchev–Trinajstić information content (AvgIpc) is 3.35. The molecule has 0 bridgehead atoms. The van der Waals surface area contributed by atoms with Crippen LogP contribution >= 0.6 is 11.6 Å². The first kappa shape index (κ1) is 24.6. The highest BCUT2D eigenvalue weighted by molar-refractivity contribution is 6.34. The summed E-state index contributed by atoms with van der Waals surface area (Å²) in [5.41, 5.74) is 2.52. The van der Waals surface area contributed by atoms with E-state index in [9.17, 15) is 14.4 Å². The Hall–Kier alpha value is -3.70. The summed E-state index contributed by atoms with van der Waals surface area (Å²) in [4.78, 5) is 45.4. The zero-order valence-corrected chi connectivity index (χ0v) is 22.5. The number of Topliss-reactive ketones (excluding diaryl/α,β-unsaturated/α-hetero) is 2. The Morgan fingerprint density at radius 3 is 2.45 bits per heavy atom. The number of fused-ring (bicyclic) bond motifs is 6. The van der Waals surface area contributed by atoms with Crippen molar-refractivity contribution in [3.05, 3.63) is 100 Å². The second-order valence-corrected chi connectivity index (χ2v) is 11.9. The van der Waals surface area contributed by atoms with E-state index in [-0.39, 0.29) is 17.5 Å². The third kappa shape index (κ3) is 3.27. The number of aryl methyl sites for hydroxylation is 1. The highest BCUT2D eigenvalue weighted by Crippen LogP contribution is 2.58. The molecule has 0 aliphatic carbocycles. The van der Waals surface area contributed by atoms with Crippen molar-refractivity contribution < 1.29 is 14.4 Å². The molecule has 3 heterocycles. The Bertz CT molecular complexity index is 1550. The molecule has 1 fully saturated rings. The van der Waals surface area contributed by atoms with Gasteiger partial charge >= 0.3 is 0 Å². The van der Waals surface area contributed by atoms with Crippen LogP contribution in [0.15, 0.2) is 72.8 Å². The second kappa shape index (κ2) is 8.40. The molecule has 1 saturated heterocycles. The van der Waals surface area contributed by atoms with E-state index in [0.717, 1.165) is 22.4 Å². The first-order valence-electron chi connectivity index (χ1n) is 12.9. The molecule has 3 aromatic rings. The number of amides is 1. The van der Waals surface area contributed by atoms with E-state index in [1.54, 1.807) is 24.3 Å². The molecule has 1 N–H and O–H groups in total. The van der Waals surface area contributed by atoms with Gasteiger partial charge in [-0.3, -0.25) is 14.4 Å². The number of ketones is 2. The van der Waals surface area contributed by atoms with Crippen LogP contribution in [-0.2, 0) is 15.0 Å². The molecule has 5 nitrogen and oxygen atoms in total. The number of nitrogens with one attached hydrogen (secondary N) is 1. The minimum absolute atomic E-state index is 0.0937. The number of halogens is 1. The maximum atomic E-state index is 14.7. The number of carbonyl (C=O) groups is 3. The molecule has 192 valence electrons. The second-order valence-electron chi connectivity index (χ2n) is 11.5. The summed E-state index contributed by atoms with van der Waals surface area (Å²) >= 11 is 6.56. The lowest BCUT2D eigenvalue weighted by Crippen LogP contribution is -2.51. The van der Waals surface area contributed by atoms with E-state index in [0.29, 0.717) is 16.3 Å². The molecule has 3 aliphatic heterocycles. The van der Waals surface area contributed by atoms with Gasteiger partial charge in [-0.1, -0.05) is 86.5 Å². The molecule has 6 rings (SSSR count). The first-order valence-corrected chi connectivity index (χ1v) is 13.3. The normalized spacial score (nSPS) is 25.1. The fourth-order valence-electron chi connectivity index (χ4n) is 6.57. The standard InChI is InChI=1S/C32H29ClN2O3/c1-18-13-15-24-19(17-18)14-16-25-32(21-10-6-8-12-23(21)34-30(32)38)26(27(35(24)25)29(37)31(2,3)4)28(36)20-9-5-7-11-22(20)33/h5-17,25-27H,1-4H3,(H,34,38)/t25-,26+,27-,32-/m0/s1. The van der Waals surface area contributed by atoms with Crippen LogP contribution in [-0.4, -0.2) is 29.6 Å². The highest BCUT2D eigenvalue weighted by Gasteiger charge is 2.70. The Kier molecular flexibility index (Phi) is 5.45. The Labute approximate surface area is 227 Å². The van der Waals surface area contributed by atoms with Crippen molar-refractivity contribution in [3.63, 3.8) is 0 Å². The summed E-state index contributed by atoms with van der Waals surface area (Å²) in [6.45, 7) is 7.62. The first-order chi connectivity index (χ1) is 18.1. The number of anilines is 2. The molecule has 6 heteroatoms. The quantitative estimate of drug-likeness (QED) is 0.412. The van der Waals surface area contributed by atoms with Crippen LogP contribution in [0.5, 0.6) is 0 Å². The Morgan fingerprint density at radius 1 is 1.00 bits per heavy atom. The SMILES string of the molecule is Cc1ccc2c(c1)C=C[C@@H]1N2[C@H](C(=O)C(C)(C)C)[C@H](C(=O)c2ccccc2Cl)[C@@]12C(=O)Nc1ccccc12. The smallest absolute Gasteiger partial charge is 0.238 e. The predicted molar refractivity (Wildman–Crippen MR) is 151 cm³/mol. The molecule has 1 amide bonds. The molecule has 4 atom stereocenters. The van der Waals surface area contributed by atoms with Gasteiger partial charge in [0.15, 0.2) is 11.6 Å². The van der Waals surface area contributed by atoms with Gasteiger partial charge in [-0.15, -0.1) is 0 Å². The molecule has 0 aromatic heterocycles. The molecule has 3 aliphatic rings. The predicted octanol–water partition coefficient (Wildman–Crippen LogP) is 6.24. The number of hydrogen-bond donors (Lipinski definition) is 1. The van der Waals surface area contributed by atoms with Gasteiger partial charge in [0.05, 0.1) is 17.0 Å². The van der Waals surface area contributed by atoms with Crippen LogP contribution in [0, 0.1) is 18.3 Å². The van der Waals surface area contributed by atoms with Crippen LogP contribution < -0.4 is 10.2 Å². The number of nitrogens with zero attached hydrogens (tertiary/aromatic N) is 1. The minimum Gasteiger partial charge on any atom is -0.352 e. The summed E-state index contributed by atoms with van der Waals surface area (Å²) in [6, 6.07) is 19.0. The molecule has 0 unspecified atom stereocenters. The molecular formula is C32H29ClN2O3. The Balaban J connectivity index is 1.70. The van der Waals surface area contributed by atoms with Gasteiger partial charge in [-0.2, -0.15) is 0 Å². The topological polar surface area (TPSA) is 66.5 Å².